The summed E-state index contributed by atoms with van der Waals surface area (Å²) in [6.07, 6.45) is 1.44. The number of hydrogen-bond donors (Lipinski definition) is 3. The number of rotatable bonds is 12. The van der Waals surface area contributed by atoms with Crippen molar-refractivity contribution in [3.05, 3.63) is 106 Å². The van der Waals surface area contributed by atoms with Gasteiger partial charge in [0.25, 0.3) is 17.5 Å². The predicted octanol–water partition coefficient (Wildman–Crippen LogP) is 6.09. The van der Waals surface area contributed by atoms with E-state index < -0.39 is 22.0 Å². The summed E-state index contributed by atoms with van der Waals surface area (Å²) in [6.45, 7) is 3.78. The molecule has 43 heavy (non-hydrogen) atoms. The Labute approximate surface area is 259 Å². The first-order valence-electron chi connectivity index (χ1n) is 12.9. The fourth-order valence-electron chi connectivity index (χ4n) is 3.53. The predicted molar refractivity (Wildman–Crippen MR) is 170 cm³/mol. The third-order valence-electron chi connectivity index (χ3n) is 5.65. The Kier molecular flexibility index (Phi) is 11.0. The van der Waals surface area contributed by atoms with Gasteiger partial charge in [-0.2, -0.15) is 9.36 Å². The molecule has 1 heterocycles. The van der Waals surface area contributed by atoms with E-state index in [0.29, 0.717) is 27.1 Å². The average molecular weight is 635 g/mol. The lowest BCUT2D eigenvalue weighted by atomic mass is 10.1. The molecule has 3 N–H and O–H groups in total. The van der Waals surface area contributed by atoms with Crippen LogP contribution >= 0.6 is 35.1 Å². The summed E-state index contributed by atoms with van der Waals surface area (Å²) in [6, 6.07) is 20.9. The number of nitrogens with zero attached hydrogens (tertiary/aromatic N) is 3. The molecular weight excluding hydrogens is 609 g/mol. The van der Waals surface area contributed by atoms with Gasteiger partial charge in [-0.1, -0.05) is 36.9 Å². The number of amides is 3. The minimum atomic E-state index is -0.589. The quantitative estimate of drug-likeness (QED) is 0.0726. The van der Waals surface area contributed by atoms with Crippen LogP contribution in [0.25, 0.3) is 6.08 Å². The third kappa shape index (κ3) is 9.23. The van der Waals surface area contributed by atoms with Crippen molar-refractivity contribution in [2.24, 2.45) is 0 Å². The van der Waals surface area contributed by atoms with Crippen LogP contribution in [0.5, 0.6) is 0 Å². The van der Waals surface area contributed by atoms with Crippen LogP contribution in [0.1, 0.15) is 29.8 Å². The SMILES string of the molecule is CCSc1nsc(NC(=O)C(C)Sc2ccc(NC(=O)/C(=C/c3ccc([N+](=O)[O-])cc3)NC(=O)c3ccccc3)cc2)n1. The normalized spacial score (nSPS) is 11.8. The van der Waals surface area contributed by atoms with Crippen molar-refractivity contribution in [2.45, 2.75) is 29.1 Å². The summed E-state index contributed by atoms with van der Waals surface area (Å²) in [5, 5.41) is 19.8. The fraction of sp³-hybridized carbons (Fsp3) is 0.138. The van der Waals surface area contributed by atoms with Gasteiger partial charge in [0.05, 0.1) is 10.2 Å². The fourth-order valence-corrected chi connectivity index (χ4v) is 5.67. The van der Waals surface area contributed by atoms with Gasteiger partial charge in [-0.05, 0) is 72.8 Å². The maximum Gasteiger partial charge on any atom is 0.272 e. The molecule has 0 aliphatic rings. The van der Waals surface area contributed by atoms with Crippen LogP contribution in [0.3, 0.4) is 0 Å². The molecule has 0 spiro atoms. The number of nitro groups is 1. The molecule has 0 radical (unpaired) electrons. The van der Waals surface area contributed by atoms with Crippen molar-refractivity contribution in [2.75, 3.05) is 16.4 Å². The Morgan fingerprint density at radius 1 is 1.00 bits per heavy atom. The van der Waals surface area contributed by atoms with Crippen LogP contribution in [-0.2, 0) is 9.59 Å². The number of hydrogen-bond acceptors (Lipinski definition) is 10. The minimum Gasteiger partial charge on any atom is -0.321 e. The Balaban J connectivity index is 1.42. The number of nitro benzene ring substituents is 1. The second kappa shape index (κ2) is 15.1. The number of anilines is 2. The number of carbonyl (C=O) groups excluding carboxylic acids is 3. The van der Waals surface area contributed by atoms with E-state index in [4.69, 9.17) is 0 Å². The lowest BCUT2D eigenvalue weighted by Gasteiger charge is -2.13. The van der Waals surface area contributed by atoms with Gasteiger partial charge in [-0.3, -0.25) is 29.8 Å². The van der Waals surface area contributed by atoms with Gasteiger partial charge in [-0.15, -0.1) is 11.8 Å². The van der Waals surface area contributed by atoms with Crippen molar-refractivity contribution in [3.8, 4) is 0 Å². The summed E-state index contributed by atoms with van der Waals surface area (Å²) < 4.78 is 4.20. The monoisotopic (exact) mass is 634 g/mol. The number of aromatic nitrogens is 2. The molecule has 0 aliphatic heterocycles. The maximum absolute atomic E-state index is 13.3. The van der Waals surface area contributed by atoms with E-state index in [-0.39, 0.29) is 17.3 Å². The van der Waals surface area contributed by atoms with Crippen molar-refractivity contribution in [1.82, 2.24) is 14.7 Å². The van der Waals surface area contributed by atoms with E-state index in [1.807, 2.05) is 6.92 Å². The lowest BCUT2D eigenvalue weighted by Crippen LogP contribution is -2.30. The van der Waals surface area contributed by atoms with E-state index in [2.05, 4.69) is 25.3 Å². The van der Waals surface area contributed by atoms with Crippen LogP contribution < -0.4 is 16.0 Å². The van der Waals surface area contributed by atoms with Gasteiger partial charge in [0.1, 0.15) is 5.70 Å². The van der Waals surface area contributed by atoms with Gasteiger partial charge in [-0.25, -0.2) is 0 Å². The Hall–Kier alpha value is -4.53. The first-order valence-corrected chi connectivity index (χ1v) is 15.5. The highest BCUT2D eigenvalue weighted by molar-refractivity contribution is 8.00. The van der Waals surface area contributed by atoms with Crippen LogP contribution in [0, 0.1) is 10.1 Å². The molecular formula is C29H26N6O5S3. The minimum absolute atomic E-state index is 0.0522. The van der Waals surface area contributed by atoms with Crippen LogP contribution in [0.4, 0.5) is 16.5 Å². The van der Waals surface area contributed by atoms with E-state index in [0.717, 1.165) is 22.2 Å². The first kappa shape index (κ1) is 31.4. The molecule has 0 fully saturated rings. The largest absolute Gasteiger partial charge is 0.321 e. The highest BCUT2D eigenvalue weighted by Gasteiger charge is 2.18. The highest BCUT2D eigenvalue weighted by Crippen LogP contribution is 2.27. The van der Waals surface area contributed by atoms with Gasteiger partial charge in [0, 0.05) is 39.8 Å². The zero-order chi connectivity index (χ0) is 30.8. The van der Waals surface area contributed by atoms with Crippen LogP contribution in [0.2, 0.25) is 0 Å². The second-order valence-corrected chi connectivity index (χ2v) is 12.2. The molecule has 0 saturated heterocycles. The Morgan fingerprint density at radius 2 is 1.70 bits per heavy atom. The summed E-state index contributed by atoms with van der Waals surface area (Å²) in [4.78, 5) is 54.3. The Morgan fingerprint density at radius 3 is 2.35 bits per heavy atom. The molecule has 220 valence electrons. The zero-order valence-electron chi connectivity index (χ0n) is 23.0. The zero-order valence-corrected chi connectivity index (χ0v) is 25.4. The second-order valence-electron chi connectivity index (χ2n) is 8.77. The van der Waals surface area contributed by atoms with E-state index >= 15 is 0 Å². The summed E-state index contributed by atoms with van der Waals surface area (Å²) >= 11 is 3.98. The molecule has 3 aromatic carbocycles. The summed E-state index contributed by atoms with van der Waals surface area (Å²) in [7, 11) is 0. The summed E-state index contributed by atoms with van der Waals surface area (Å²) in [5.74, 6) is -0.445. The highest BCUT2D eigenvalue weighted by atomic mass is 32.2. The van der Waals surface area contributed by atoms with Gasteiger partial charge < -0.3 is 10.6 Å². The van der Waals surface area contributed by atoms with E-state index in [1.54, 1.807) is 61.5 Å². The number of carbonyl (C=O) groups is 3. The van der Waals surface area contributed by atoms with Crippen LogP contribution in [0.15, 0.2) is 94.6 Å². The van der Waals surface area contributed by atoms with Gasteiger partial charge in [0.15, 0.2) is 0 Å². The first-order chi connectivity index (χ1) is 20.7. The standard InChI is InChI=1S/C29H26N6O5S3/c1-3-41-29-33-28(43-34-29)32-25(36)18(2)42-23-15-11-21(12-16-23)30-27(38)24(31-26(37)20-7-5-4-6-8-20)17-19-9-13-22(14-10-19)35(39)40/h4-18H,3H2,1-2H3,(H,30,38)(H,31,37)(H,32,33,34,36)/b24-17-. The average Bonchev–Trinajstić information content (AvgIpc) is 3.45. The molecule has 3 amide bonds. The molecule has 0 saturated carbocycles. The number of benzene rings is 3. The number of non-ortho nitro benzene ring substituents is 1. The molecule has 1 aromatic heterocycles. The van der Waals surface area contributed by atoms with Gasteiger partial charge in [0.2, 0.25) is 16.2 Å². The van der Waals surface area contributed by atoms with Crippen molar-refractivity contribution >= 4 is 75.4 Å². The molecule has 1 unspecified atom stereocenters. The lowest BCUT2D eigenvalue weighted by molar-refractivity contribution is -0.384. The smallest absolute Gasteiger partial charge is 0.272 e. The summed E-state index contributed by atoms with van der Waals surface area (Å²) in [5.41, 5.74) is 1.16. The van der Waals surface area contributed by atoms with E-state index in [9.17, 15) is 24.5 Å². The molecule has 0 bridgehead atoms. The van der Waals surface area contributed by atoms with Crippen LogP contribution in [-0.4, -0.2) is 43.0 Å². The molecule has 4 rings (SSSR count). The Bertz CT molecular complexity index is 1630. The van der Waals surface area contributed by atoms with Crippen molar-refractivity contribution < 1.29 is 19.3 Å². The topological polar surface area (TPSA) is 156 Å². The number of nitrogens with one attached hydrogen (secondary N) is 3. The molecule has 11 nitrogen and oxygen atoms in total. The third-order valence-corrected chi connectivity index (χ3v) is 8.24. The van der Waals surface area contributed by atoms with Crippen molar-refractivity contribution in [1.29, 1.82) is 0 Å². The molecule has 14 heteroatoms. The molecule has 1 atom stereocenters. The molecule has 0 aliphatic carbocycles. The molecule has 4 aromatic rings. The maximum atomic E-state index is 13.3. The van der Waals surface area contributed by atoms with Gasteiger partial charge >= 0.3 is 0 Å². The van der Waals surface area contributed by atoms with E-state index in [1.165, 1.54) is 53.9 Å². The van der Waals surface area contributed by atoms with Crippen molar-refractivity contribution in [3.63, 3.8) is 0 Å². The number of thioether (sulfide) groups is 2.